The lowest BCUT2D eigenvalue weighted by Crippen LogP contribution is -2.27. The van der Waals surface area contributed by atoms with Gasteiger partial charge < -0.3 is 0 Å². The molecule has 0 heterocycles. The highest BCUT2D eigenvalue weighted by atomic mass is 35.5. The van der Waals surface area contributed by atoms with Crippen LogP contribution in [-0.4, -0.2) is 5.91 Å². The monoisotopic (exact) mass is 224 g/mol. The smallest absolute Gasteiger partial charge is 0.262 e. The summed E-state index contributed by atoms with van der Waals surface area (Å²) in [4.78, 5) is 11.2. The quantitative estimate of drug-likeness (QED) is 0.612. The molecule has 0 saturated carbocycles. The third kappa shape index (κ3) is 4.04. The van der Waals surface area contributed by atoms with Crippen molar-refractivity contribution in [3.8, 4) is 0 Å². The Balaban J connectivity index is 2.55. The van der Waals surface area contributed by atoms with Crippen LogP contribution in [-0.2, 0) is 4.79 Å². The van der Waals surface area contributed by atoms with Crippen molar-refractivity contribution in [3.05, 3.63) is 40.9 Å². The molecule has 0 atom stereocenters. The molecule has 0 bridgehead atoms. The first kappa shape index (κ1) is 11.6. The van der Waals surface area contributed by atoms with E-state index in [0.29, 0.717) is 10.7 Å². The molecule has 1 rings (SSSR count). The highest BCUT2D eigenvalue weighted by Crippen LogP contribution is 2.19. The molecule has 15 heavy (non-hydrogen) atoms. The molecule has 0 radical (unpaired) electrons. The van der Waals surface area contributed by atoms with Crippen molar-refractivity contribution in [2.75, 3.05) is 5.43 Å². The minimum atomic E-state index is -0.199. The van der Waals surface area contributed by atoms with Gasteiger partial charge >= 0.3 is 0 Å². The Hall–Kier alpha value is -1.48. The fourth-order valence-electron chi connectivity index (χ4n) is 0.990. The fraction of sp³-hybridized carbons (Fsp3) is 0.182. The maximum Gasteiger partial charge on any atom is 0.262 e. The second-order valence-corrected chi connectivity index (χ2v) is 3.72. The number of halogens is 1. The molecule has 0 fully saturated rings. The van der Waals surface area contributed by atoms with Gasteiger partial charge in [0.2, 0.25) is 0 Å². The van der Waals surface area contributed by atoms with Gasteiger partial charge in [-0.1, -0.05) is 29.3 Å². The number of carbonyl (C=O) groups is 1. The molecule has 0 aliphatic rings. The molecule has 1 aromatic carbocycles. The van der Waals surface area contributed by atoms with Crippen molar-refractivity contribution in [3.63, 3.8) is 0 Å². The zero-order valence-corrected chi connectivity index (χ0v) is 9.43. The molecule has 0 aliphatic carbocycles. The summed E-state index contributed by atoms with van der Waals surface area (Å²) >= 11 is 5.88. The average molecular weight is 225 g/mol. The first-order valence-corrected chi connectivity index (χ1v) is 4.93. The number of anilines is 1. The Morgan fingerprint density at radius 2 is 2.00 bits per heavy atom. The number of amides is 1. The van der Waals surface area contributed by atoms with E-state index in [-0.39, 0.29) is 5.91 Å². The summed E-state index contributed by atoms with van der Waals surface area (Å²) in [6.07, 6.45) is 1.50. The van der Waals surface area contributed by atoms with Crippen LogP contribution in [0.1, 0.15) is 13.8 Å². The molecule has 0 saturated heterocycles. The highest BCUT2D eigenvalue weighted by molar-refractivity contribution is 6.33. The van der Waals surface area contributed by atoms with E-state index in [1.165, 1.54) is 6.08 Å². The second kappa shape index (κ2) is 5.41. The summed E-state index contributed by atoms with van der Waals surface area (Å²) in [6, 6.07) is 7.19. The van der Waals surface area contributed by atoms with Gasteiger partial charge in [-0.25, -0.2) is 0 Å². The predicted molar refractivity (Wildman–Crippen MR) is 62.6 cm³/mol. The molecule has 0 aliphatic heterocycles. The van der Waals surface area contributed by atoms with Crippen molar-refractivity contribution in [2.45, 2.75) is 13.8 Å². The number of hydrazine groups is 1. The fourth-order valence-corrected chi connectivity index (χ4v) is 1.17. The van der Waals surface area contributed by atoms with Crippen LogP contribution in [0.25, 0.3) is 0 Å². The number of para-hydroxylation sites is 1. The predicted octanol–water partition coefficient (Wildman–Crippen LogP) is 2.75. The SMILES string of the molecule is CC(C)=CC(=O)NNc1ccccc1Cl. The summed E-state index contributed by atoms with van der Waals surface area (Å²) < 4.78 is 0. The van der Waals surface area contributed by atoms with Gasteiger partial charge in [0.1, 0.15) is 0 Å². The molecule has 0 spiro atoms. The molecule has 1 aromatic rings. The topological polar surface area (TPSA) is 41.1 Å². The van der Waals surface area contributed by atoms with E-state index in [1.54, 1.807) is 12.1 Å². The lowest BCUT2D eigenvalue weighted by atomic mass is 10.3. The lowest BCUT2D eigenvalue weighted by molar-refractivity contribution is -0.116. The van der Waals surface area contributed by atoms with Crippen molar-refractivity contribution in [2.24, 2.45) is 0 Å². The van der Waals surface area contributed by atoms with Crippen molar-refractivity contribution < 1.29 is 4.79 Å². The Labute approximate surface area is 94.1 Å². The van der Waals surface area contributed by atoms with E-state index >= 15 is 0 Å². The number of carbonyl (C=O) groups excluding carboxylic acids is 1. The molecular weight excluding hydrogens is 212 g/mol. The summed E-state index contributed by atoms with van der Waals surface area (Å²) in [6.45, 7) is 3.71. The zero-order valence-electron chi connectivity index (χ0n) is 8.67. The number of hydrogen-bond donors (Lipinski definition) is 2. The van der Waals surface area contributed by atoms with E-state index in [0.717, 1.165) is 5.57 Å². The zero-order chi connectivity index (χ0) is 11.3. The maximum atomic E-state index is 11.2. The van der Waals surface area contributed by atoms with E-state index < -0.39 is 0 Å². The van der Waals surface area contributed by atoms with E-state index in [2.05, 4.69) is 10.9 Å². The molecular formula is C11H13ClN2O. The summed E-state index contributed by atoms with van der Waals surface area (Å²) in [5.74, 6) is -0.199. The van der Waals surface area contributed by atoms with Gasteiger partial charge in [0, 0.05) is 6.08 Å². The van der Waals surface area contributed by atoms with Gasteiger partial charge in [0.05, 0.1) is 10.7 Å². The van der Waals surface area contributed by atoms with E-state index in [4.69, 9.17) is 11.6 Å². The third-order valence-electron chi connectivity index (χ3n) is 1.61. The van der Waals surface area contributed by atoms with Gasteiger partial charge in [0.25, 0.3) is 5.91 Å². The molecule has 3 nitrogen and oxygen atoms in total. The molecule has 2 N–H and O–H groups in total. The minimum Gasteiger partial charge on any atom is -0.297 e. The second-order valence-electron chi connectivity index (χ2n) is 3.32. The number of allylic oxidation sites excluding steroid dienone is 1. The van der Waals surface area contributed by atoms with E-state index in [1.807, 2.05) is 26.0 Å². The lowest BCUT2D eigenvalue weighted by Gasteiger charge is -2.07. The number of rotatable bonds is 3. The first-order chi connectivity index (χ1) is 7.09. The van der Waals surface area contributed by atoms with Crippen molar-refractivity contribution >= 4 is 23.2 Å². The Kier molecular flexibility index (Phi) is 4.18. The van der Waals surface area contributed by atoms with Crippen molar-refractivity contribution in [1.82, 2.24) is 5.43 Å². The number of hydrogen-bond acceptors (Lipinski definition) is 2. The Bertz CT molecular complexity index is 384. The van der Waals surface area contributed by atoms with Crippen LogP contribution in [0.4, 0.5) is 5.69 Å². The average Bonchev–Trinajstić information content (AvgIpc) is 2.15. The van der Waals surface area contributed by atoms with Gasteiger partial charge in [-0.2, -0.15) is 0 Å². The van der Waals surface area contributed by atoms with Crippen molar-refractivity contribution in [1.29, 1.82) is 0 Å². The minimum absolute atomic E-state index is 0.199. The van der Waals surface area contributed by atoms with Crippen LogP contribution in [0, 0.1) is 0 Å². The van der Waals surface area contributed by atoms with Gasteiger partial charge in [-0.3, -0.25) is 15.6 Å². The van der Waals surface area contributed by atoms with Crippen LogP contribution >= 0.6 is 11.6 Å². The molecule has 0 unspecified atom stereocenters. The van der Waals surface area contributed by atoms with Crippen LogP contribution in [0.3, 0.4) is 0 Å². The molecule has 1 amide bonds. The molecule has 80 valence electrons. The first-order valence-electron chi connectivity index (χ1n) is 4.55. The molecule has 4 heteroatoms. The standard InChI is InChI=1S/C11H13ClN2O/c1-8(2)7-11(15)14-13-10-6-4-3-5-9(10)12/h3-7,13H,1-2H3,(H,14,15). The maximum absolute atomic E-state index is 11.2. The van der Waals surface area contributed by atoms with Gasteiger partial charge in [-0.15, -0.1) is 0 Å². The largest absolute Gasteiger partial charge is 0.297 e. The summed E-state index contributed by atoms with van der Waals surface area (Å²) in [5.41, 5.74) is 6.88. The van der Waals surface area contributed by atoms with Gasteiger partial charge in [0.15, 0.2) is 0 Å². The summed E-state index contributed by atoms with van der Waals surface area (Å²) in [5, 5.41) is 0.565. The van der Waals surface area contributed by atoms with Crippen LogP contribution in [0.15, 0.2) is 35.9 Å². The number of nitrogens with one attached hydrogen (secondary N) is 2. The normalized spacial score (nSPS) is 9.27. The van der Waals surface area contributed by atoms with Gasteiger partial charge in [-0.05, 0) is 26.0 Å². The Morgan fingerprint density at radius 1 is 1.33 bits per heavy atom. The third-order valence-corrected chi connectivity index (χ3v) is 1.94. The van der Waals surface area contributed by atoms with Crippen LogP contribution in [0.2, 0.25) is 5.02 Å². The molecule has 0 aromatic heterocycles. The van der Waals surface area contributed by atoms with E-state index in [9.17, 15) is 4.79 Å². The van der Waals surface area contributed by atoms with Crippen LogP contribution < -0.4 is 10.9 Å². The number of benzene rings is 1. The highest BCUT2D eigenvalue weighted by Gasteiger charge is 1.99. The van der Waals surface area contributed by atoms with Crippen LogP contribution in [0.5, 0.6) is 0 Å². The Morgan fingerprint density at radius 3 is 2.60 bits per heavy atom. The summed E-state index contributed by atoms with van der Waals surface area (Å²) in [7, 11) is 0.